The summed E-state index contributed by atoms with van der Waals surface area (Å²) in [5.41, 5.74) is 12.7. The van der Waals surface area contributed by atoms with Crippen LogP contribution in [-0.2, 0) is 19.6 Å². The first kappa shape index (κ1) is 26.3. The molecule has 0 aliphatic heterocycles. The van der Waals surface area contributed by atoms with Gasteiger partial charge in [-0.1, -0.05) is 78.4 Å². The number of aromatic nitrogens is 1. The van der Waals surface area contributed by atoms with Gasteiger partial charge in [-0.3, -0.25) is 4.79 Å². The van der Waals surface area contributed by atoms with Crippen LogP contribution >= 0.6 is 11.3 Å². The number of hydrogen-bond acceptors (Lipinski definition) is 5. The van der Waals surface area contributed by atoms with Crippen LogP contribution < -0.4 is 16.0 Å². The SMILES string of the molecule is Cc1ccc(-c2csc(N(Cc3ccc(C(=O)NCc4cccc(CN)c4)cc3)c3ccccc3F)n2)cc1. The Hall–Kier alpha value is -4.33. The normalized spacial score (nSPS) is 10.8. The molecule has 0 atom stereocenters. The highest BCUT2D eigenvalue weighted by atomic mass is 32.1. The van der Waals surface area contributed by atoms with Gasteiger partial charge in [-0.15, -0.1) is 11.3 Å². The summed E-state index contributed by atoms with van der Waals surface area (Å²) in [5.74, 6) is -0.479. The van der Waals surface area contributed by atoms with Gasteiger partial charge in [0.15, 0.2) is 5.13 Å². The number of carbonyl (C=O) groups is 1. The Morgan fingerprint density at radius 3 is 2.41 bits per heavy atom. The number of hydrogen-bond donors (Lipinski definition) is 2. The molecule has 0 aliphatic carbocycles. The van der Waals surface area contributed by atoms with Crippen LogP contribution in [0.15, 0.2) is 102 Å². The monoisotopic (exact) mass is 536 g/mol. The van der Waals surface area contributed by atoms with Crippen molar-refractivity contribution in [3.63, 3.8) is 0 Å². The number of benzene rings is 4. The van der Waals surface area contributed by atoms with Gasteiger partial charge in [0.05, 0.1) is 17.9 Å². The van der Waals surface area contributed by atoms with Crippen molar-refractivity contribution in [1.82, 2.24) is 10.3 Å². The van der Waals surface area contributed by atoms with Crippen LogP contribution in [0.5, 0.6) is 0 Å². The predicted molar refractivity (Wildman–Crippen MR) is 156 cm³/mol. The highest BCUT2D eigenvalue weighted by Crippen LogP contribution is 2.34. The summed E-state index contributed by atoms with van der Waals surface area (Å²) in [6, 6.07) is 30.1. The van der Waals surface area contributed by atoms with Gasteiger partial charge in [-0.05, 0) is 47.9 Å². The van der Waals surface area contributed by atoms with E-state index in [2.05, 4.69) is 17.4 Å². The molecule has 5 aromatic rings. The van der Waals surface area contributed by atoms with Crippen molar-refractivity contribution in [2.45, 2.75) is 26.6 Å². The maximum absolute atomic E-state index is 14.9. The molecular weight excluding hydrogens is 507 g/mol. The van der Waals surface area contributed by atoms with E-state index in [9.17, 15) is 9.18 Å². The van der Waals surface area contributed by atoms with Crippen molar-refractivity contribution in [2.75, 3.05) is 4.90 Å². The molecule has 1 heterocycles. The molecule has 4 aromatic carbocycles. The molecule has 0 saturated heterocycles. The minimum atomic E-state index is -0.320. The van der Waals surface area contributed by atoms with E-state index in [1.54, 1.807) is 24.3 Å². The molecule has 0 saturated carbocycles. The zero-order chi connectivity index (χ0) is 27.2. The number of rotatable bonds is 9. The maximum Gasteiger partial charge on any atom is 0.251 e. The summed E-state index contributed by atoms with van der Waals surface area (Å²) in [6.07, 6.45) is 0. The minimum absolute atomic E-state index is 0.159. The molecule has 0 fully saturated rings. The molecule has 3 N–H and O–H groups in total. The summed E-state index contributed by atoms with van der Waals surface area (Å²) in [7, 11) is 0. The van der Waals surface area contributed by atoms with Gasteiger partial charge < -0.3 is 16.0 Å². The van der Waals surface area contributed by atoms with Gasteiger partial charge in [0, 0.05) is 29.6 Å². The van der Waals surface area contributed by atoms with Gasteiger partial charge in [0.1, 0.15) is 5.82 Å². The van der Waals surface area contributed by atoms with Gasteiger partial charge in [-0.2, -0.15) is 0 Å². The fourth-order valence-corrected chi connectivity index (χ4v) is 5.11. The average Bonchev–Trinajstić information content (AvgIpc) is 3.46. The van der Waals surface area contributed by atoms with Crippen molar-refractivity contribution < 1.29 is 9.18 Å². The lowest BCUT2D eigenvalue weighted by Crippen LogP contribution is -2.23. The molecule has 0 unspecified atom stereocenters. The van der Waals surface area contributed by atoms with Crippen molar-refractivity contribution in [3.05, 3.63) is 136 Å². The lowest BCUT2D eigenvalue weighted by molar-refractivity contribution is 0.0951. The fourth-order valence-electron chi connectivity index (χ4n) is 4.27. The first-order valence-electron chi connectivity index (χ1n) is 12.7. The van der Waals surface area contributed by atoms with Crippen LogP contribution in [0.1, 0.15) is 32.6 Å². The van der Waals surface area contributed by atoms with Crippen LogP contribution in [0, 0.1) is 12.7 Å². The molecule has 0 bridgehead atoms. The average molecular weight is 537 g/mol. The summed E-state index contributed by atoms with van der Waals surface area (Å²) in [4.78, 5) is 19.5. The smallest absolute Gasteiger partial charge is 0.251 e. The molecule has 1 aromatic heterocycles. The first-order valence-corrected chi connectivity index (χ1v) is 13.6. The van der Waals surface area contributed by atoms with E-state index in [0.29, 0.717) is 36.0 Å². The van der Waals surface area contributed by atoms with Crippen molar-refractivity contribution in [2.24, 2.45) is 5.73 Å². The van der Waals surface area contributed by atoms with E-state index in [-0.39, 0.29) is 11.7 Å². The Labute approximate surface area is 231 Å². The number of aryl methyl sites for hydroxylation is 1. The Bertz CT molecular complexity index is 1560. The number of anilines is 2. The number of nitrogens with two attached hydrogens (primary N) is 1. The molecule has 1 amide bonds. The number of nitrogens with zero attached hydrogens (tertiary/aromatic N) is 2. The third kappa shape index (κ3) is 6.39. The minimum Gasteiger partial charge on any atom is -0.348 e. The van der Waals surface area contributed by atoms with E-state index >= 15 is 0 Å². The van der Waals surface area contributed by atoms with Crippen LogP contribution in [0.4, 0.5) is 15.2 Å². The van der Waals surface area contributed by atoms with Crippen LogP contribution in [0.2, 0.25) is 0 Å². The first-order chi connectivity index (χ1) is 19.0. The van der Waals surface area contributed by atoms with E-state index < -0.39 is 0 Å². The van der Waals surface area contributed by atoms with Crippen molar-refractivity contribution in [3.8, 4) is 11.3 Å². The molecular formula is C32H29FN4OS. The van der Waals surface area contributed by atoms with E-state index in [1.807, 2.05) is 71.8 Å². The summed E-state index contributed by atoms with van der Waals surface area (Å²) in [6.45, 7) is 3.33. The van der Waals surface area contributed by atoms with Crippen LogP contribution in [0.3, 0.4) is 0 Å². The zero-order valence-corrected chi connectivity index (χ0v) is 22.4. The molecule has 7 heteroatoms. The quantitative estimate of drug-likeness (QED) is 0.213. The van der Waals surface area contributed by atoms with Crippen molar-refractivity contribution in [1.29, 1.82) is 0 Å². The second-order valence-electron chi connectivity index (χ2n) is 9.32. The Kier molecular flexibility index (Phi) is 8.10. The summed E-state index contributed by atoms with van der Waals surface area (Å²) < 4.78 is 14.9. The standard InChI is InChI=1S/C32H29FN4OS/c1-22-9-13-26(14-10-22)29-21-39-32(36-29)37(30-8-3-2-7-28(30)33)20-23-11-15-27(16-12-23)31(38)35-19-25-6-4-5-24(17-25)18-34/h2-17,21H,18-20,34H2,1H3,(H,35,38). The van der Waals surface area contributed by atoms with E-state index in [0.717, 1.165) is 27.9 Å². The molecule has 0 aliphatic rings. The highest BCUT2D eigenvalue weighted by Gasteiger charge is 2.18. The second-order valence-corrected chi connectivity index (χ2v) is 10.2. The summed E-state index contributed by atoms with van der Waals surface area (Å²) in [5, 5.41) is 5.64. The maximum atomic E-state index is 14.9. The molecule has 5 nitrogen and oxygen atoms in total. The lowest BCUT2D eigenvalue weighted by Gasteiger charge is -2.23. The molecule has 5 rings (SSSR count). The van der Waals surface area contributed by atoms with E-state index in [1.165, 1.54) is 23.0 Å². The molecule has 196 valence electrons. The number of thiazole rings is 1. The lowest BCUT2D eigenvalue weighted by atomic mass is 10.1. The van der Waals surface area contributed by atoms with Gasteiger partial charge in [-0.25, -0.2) is 9.37 Å². The molecule has 39 heavy (non-hydrogen) atoms. The Balaban J connectivity index is 1.33. The number of nitrogens with one attached hydrogen (secondary N) is 1. The van der Waals surface area contributed by atoms with E-state index in [4.69, 9.17) is 10.7 Å². The van der Waals surface area contributed by atoms with Crippen LogP contribution in [0.25, 0.3) is 11.3 Å². The largest absolute Gasteiger partial charge is 0.348 e. The summed E-state index contributed by atoms with van der Waals surface area (Å²) >= 11 is 1.47. The van der Waals surface area contributed by atoms with Gasteiger partial charge >= 0.3 is 0 Å². The number of carbonyl (C=O) groups excluding carboxylic acids is 1. The third-order valence-electron chi connectivity index (χ3n) is 6.45. The second kappa shape index (κ2) is 12.0. The molecule has 0 spiro atoms. The highest BCUT2D eigenvalue weighted by molar-refractivity contribution is 7.14. The fraction of sp³-hybridized carbons (Fsp3) is 0.125. The zero-order valence-electron chi connectivity index (χ0n) is 21.6. The predicted octanol–water partition coefficient (Wildman–Crippen LogP) is 6.98. The molecule has 0 radical (unpaired) electrons. The number of amides is 1. The van der Waals surface area contributed by atoms with Gasteiger partial charge in [0.2, 0.25) is 0 Å². The van der Waals surface area contributed by atoms with Gasteiger partial charge in [0.25, 0.3) is 5.91 Å². The number of para-hydroxylation sites is 1. The third-order valence-corrected chi connectivity index (χ3v) is 7.31. The van der Waals surface area contributed by atoms with Crippen molar-refractivity contribution >= 4 is 28.1 Å². The number of halogens is 1. The Morgan fingerprint density at radius 2 is 1.67 bits per heavy atom. The van der Waals surface area contributed by atoms with Crippen LogP contribution in [-0.4, -0.2) is 10.9 Å². The Morgan fingerprint density at radius 1 is 0.923 bits per heavy atom. The topological polar surface area (TPSA) is 71.2 Å².